The molecule has 7 nitrogen and oxygen atoms in total. The number of benzene rings is 2. The first-order valence-electron chi connectivity index (χ1n) is 9.85. The fraction of sp³-hybridized carbons (Fsp3) is 0.217. The number of thiazole rings is 1. The minimum absolute atomic E-state index is 0.0559. The van der Waals surface area contributed by atoms with Crippen LogP contribution in [0.3, 0.4) is 0 Å². The van der Waals surface area contributed by atoms with E-state index in [9.17, 15) is 13.2 Å². The number of aromatic nitrogens is 1. The van der Waals surface area contributed by atoms with E-state index < -0.39 is 21.5 Å². The van der Waals surface area contributed by atoms with Crippen molar-refractivity contribution >= 4 is 42.4 Å². The molecular weight excluding hydrogens is 448 g/mol. The first-order valence-corrected chi connectivity index (χ1v) is 12.3. The van der Waals surface area contributed by atoms with Crippen LogP contribution in [0.2, 0.25) is 0 Å². The van der Waals surface area contributed by atoms with E-state index in [0.29, 0.717) is 16.6 Å². The number of nitrogens with zero attached hydrogens (tertiary/aromatic N) is 2. The maximum absolute atomic E-state index is 13.3. The molecule has 2 aromatic carbocycles. The molecule has 0 aliphatic heterocycles. The van der Waals surface area contributed by atoms with Gasteiger partial charge in [-0.3, -0.25) is 9.69 Å². The SMILES string of the molecule is COc1ccc(S(=O)(=O)CC(=O)N(Cc2ccco2)c2nc3c(C)c(C)ccc3s2)cc1. The Morgan fingerprint density at radius 1 is 1.12 bits per heavy atom. The summed E-state index contributed by atoms with van der Waals surface area (Å²) >= 11 is 1.35. The normalized spacial score (nSPS) is 11.6. The average molecular weight is 471 g/mol. The molecule has 0 atom stereocenters. The van der Waals surface area contributed by atoms with Crippen molar-refractivity contribution in [1.29, 1.82) is 0 Å². The molecule has 9 heteroatoms. The van der Waals surface area contributed by atoms with E-state index >= 15 is 0 Å². The molecule has 4 aromatic rings. The molecule has 0 saturated carbocycles. The van der Waals surface area contributed by atoms with Gasteiger partial charge in [-0.25, -0.2) is 13.4 Å². The van der Waals surface area contributed by atoms with Gasteiger partial charge in [0.1, 0.15) is 17.3 Å². The third-order valence-electron chi connectivity index (χ3n) is 5.23. The number of ether oxygens (including phenoxy) is 1. The fourth-order valence-electron chi connectivity index (χ4n) is 3.26. The summed E-state index contributed by atoms with van der Waals surface area (Å²) in [5.41, 5.74) is 2.93. The van der Waals surface area contributed by atoms with Gasteiger partial charge in [0, 0.05) is 0 Å². The molecule has 0 radical (unpaired) electrons. The highest BCUT2D eigenvalue weighted by Gasteiger charge is 2.27. The van der Waals surface area contributed by atoms with Crippen LogP contribution < -0.4 is 9.64 Å². The number of anilines is 1. The van der Waals surface area contributed by atoms with E-state index in [-0.39, 0.29) is 11.4 Å². The molecule has 0 spiro atoms. The van der Waals surface area contributed by atoms with Crippen molar-refractivity contribution < 1.29 is 22.4 Å². The molecule has 0 fully saturated rings. The Hall–Kier alpha value is -3.17. The van der Waals surface area contributed by atoms with Gasteiger partial charge in [0.15, 0.2) is 15.0 Å². The lowest BCUT2D eigenvalue weighted by Gasteiger charge is -2.18. The molecule has 0 bridgehead atoms. The summed E-state index contributed by atoms with van der Waals surface area (Å²) in [6.45, 7) is 4.07. The highest BCUT2D eigenvalue weighted by atomic mass is 32.2. The predicted molar refractivity (Wildman–Crippen MR) is 124 cm³/mol. The van der Waals surface area contributed by atoms with Crippen molar-refractivity contribution in [2.24, 2.45) is 0 Å². The molecule has 166 valence electrons. The summed E-state index contributed by atoms with van der Waals surface area (Å²) in [6.07, 6.45) is 1.51. The molecule has 32 heavy (non-hydrogen) atoms. The molecule has 0 N–H and O–H groups in total. The Morgan fingerprint density at radius 3 is 2.53 bits per heavy atom. The van der Waals surface area contributed by atoms with Crippen molar-refractivity contribution in [2.75, 3.05) is 17.8 Å². The summed E-state index contributed by atoms with van der Waals surface area (Å²) in [5.74, 6) is -0.193. The number of rotatable bonds is 7. The van der Waals surface area contributed by atoms with Crippen LogP contribution in [0.1, 0.15) is 16.9 Å². The Labute approximate surface area is 190 Å². The summed E-state index contributed by atoms with van der Waals surface area (Å²) in [6, 6.07) is 13.4. The minimum atomic E-state index is -3.86. The third kappa shape index (κ3) is 4.39. The molecular formula is C23H22N2O5S2. The molecule has 2 heterocycles. The first-order chi connectivity index (χ1) is 15.3. The van der Waals surface area contributed by atoms with Crippen molar-refractivity contribution in [3.8, 4) is 5.75 Å². The number of carbonyl (C=O) groups excluding carboxylic acids is 1. The largest absolute Gasteiger partial charge is 0.497 e. The van der Waals surface area contributed by atoms with Gasteiger partial charge < -0.3 is 9.15 Å². The van der Waals surface area contributed by atoms with Crippen molar-refractivity contribution in [3.63, 3.8) is 0 Å². The zero-order chi connectivity index (χ0) is 22.9. The van der Waals surface area contributed by atoms with Crippen LogP contribution in [0.5, 0.6) is 5.75 Å². The first kappa shape index (κ1) is 22.0. The van der Waals surface area contributed by atoms with Crippen LogP contribution in [-0.4, -0.2) is 32.2 Å². The number of carbonyl (C=O) groups is 1. The number of methoxy groups -OCH3 is 1. The second-order valence-electron chi connectivity index (χ2n) is 7.34. The summed E-state index contributed by atoms with van der Waals surface area (Å²) in [5, 5.41) is 0.431. The van der Waals surface area contributed by atoms with E-state index in [1.165, 1.54) is 41.7 Å². The van der Waals surface area contributed by atoms with Gasteiger partial charge in [0.2, 0.25) is 5.91 Å². The van der Waals surface area contributed by atoms with Gasteiger partial charge in [0.05, 0.1) is 35.0 Å². The van der Waals surface area contributed by atoms with Crippen LogP contribution in [0, 0.1) is 13.8 Å². The topological polar surface area (TPSA) is 89.7 Å². The number of hydrogen-bond acceptors (Lipinski definition) is 7. The Balaban J connectivity index is 1.68. The number of sulfone groups is 1. The van der Waals surface area contributed by atoms with Gasteiger partial charge >= 0.3 is 0 Å². The highest BCUT2D eigenvalue weighted by molar-refractivity contribution is 7.92. The second-order valence-corrected chi connectivity index (χ2v) is 10.3. The molecule has 0 unspecified atom stereocenters. The monoisotopic (exact) mass is 470 g/mol. The molecule has 4 rings (SSSR count). The number of hydrogen-bond donors (Lipinski definition) is 0. The minimum Gasteiger partial charge on any atom is -0.497 e. The molecule has 0 saturated heterocycles. The van der Waals surface area contributed by atoms with E-state index in [0.717, 1.165) is 21.3 Å². The predicted octanol–water partition coefficient (Wildman–Crippen LogP) is 4.52. The zero-order valence-corrected chi connectivity index (χ0v) is 19.5. The second kappa shape index (κ2) is 8.76. The average Bonchev–Trinajstić information content (AvgIpc) is 3.44. The number of aryl methyl sites for hydroxylation is 2. The van der Waals surface area contributed by atoms with E-state index in [2.05, 4.69) is 4.98 Å². The zero-order valence-electron chi connectivity index (χ0n) is 17.9. The number of amides is 1. The molecule has 0 aliphatic carbocycles. The lowest BCUT2D eigenvalue weighted by Crippen LogP contribution is -2.35. The van der Waals surface area contributed by atoms with Crippen LogP contribution >= 0.6 is 11.3 Å². The third-order valence-corrected chi connectivity index (χ3v) is 7.89. The van der Waals surface area contributed by atoms with Crippen LogP contribution in [0.4, 0.5) is 5.13 Å². The Kier molecular flexibility index (Phi) is 6.03. The standard InChI is InChI=1S/C23H22N2O5S2/c1-15-6-11-20-22(16(15)2)24-23(31-20)25(13-18-5-4-12-30-18)21(26)14-32(27,28)19-9-7-17(29-3)8-10-19/h4-12H,13-14H2,1-3H3. The van der Waals surface area contributed by atoms with Crippen molar-refractivity contribution in [3.05, 3.63) is 71.7 Å². The molecule has 1 amide bonds. The number of fused-ring (bicyclic) bond motifs is 1. The van der Waals surface area contributed by atoms with Gasteiger partial charge in [-0.1, -0.05) is 17.4 Å². The number of furan rings is 1. The van der Waals surface area contributed by atoms with E-state index in [1.807, 2.05) is 26.0 Å². The molecule has 2 aromatic heterocycles. The van der Waals surface area contributed by atoms with Crippen LogP contribution in [0.25, 0.3) is 10.2 Å². The van der Waals surface area contributed by atoms with Crippen molar-refractivity contribution in [2.45, 2.75) is 25.3 Å². The Morgan fingerprint density at radius 2 is 1.88 bits per heavy atom. The van der Waals surface area contributed by atoms with Gasteiger partial charge in [-0.05, 0) is 67.4 Å². The maximum Gasteiger partial charge on any atom is 0.244 e. The highest BCUT2D eigenvalue weighted by Crippen LogP contribution is 2.33. The Bertz CT molecular complexity index is 1360. The van der Waals surface area contributed by atoms with Gasteiger partial charge in [0.25, 0.3) is 0 Å². The molecule has 0 aliphatic rings. The van der Waals surface area contributed by atoms with E-state index in [1.54, 1.807) is 24.3 Å². The summed E-state index contributed by atoms with van der Waals surface area (Å²) < 4.78 is 37.3. The lowest BCUT2D eigenvalue weighted by molar-refractivity contribution is -0.116. The lowest BCUT2D eigenvalue weighted by atomic mass is 10.1. The van der Waals surface area contributed by atoms with Gasteiger partial charge in [-0.2, -0.15) is 0 Å². The maximum atomic E-state index is 13.3. The van der Waals surface area contributed by atoms with Crippen molar-refractivity contribution in [1.82, 2.24) is 4.98 Å². The summed E-state index contributed by atoms with van der Waals surface area (Å²) in [7, 11) is -2.36. The van der Waals surface area contributed by atoms with Gasteiger partial charge in [-0.15, -0.1) is 0 Å². The quantitative estimate of drug-likeness (QED) is 0.394. The summed E-state index contributed by atoms with van der Waals surface area (Å²) in [4.78, 5) is 19.4. The van der Waals surface area contributed by atoms with Crippen LogP contribution in [0.15, 0.2) is 64.1 Å². The van der Waals surface area contributed by atoms with Crippen LogP contribution in [-0.2, 0) is 21.2 Å². The smallest absolute Gasteiger partial charge is 0.244 e. The van der Waals surface area contributed by atoms with E-state index in [4.69, 9.17) is 9.15 Å². The fourth-order valence-corrected chi connectivity index (χ4v) is 5.50.